The molecule has 0 aliphatic heterocycles. The lowest BCUT2D eigenvalue weighted by Crippen LogP contribution is -2.28. The van der Waals surface area contributed by atoms with Crippen molar-refractivity contribution >= 4 is 29.1 Å². The van der Waals surface area contributed by atoms with Crippen LogP contribution in [-0.4, -0.2) is 18.3 Å². The van der Waals surface area contributed by atoms with Crippen LogP contribution in [0.4, 0.5) is 0 Å². The van der Waals surface area contributed by atoms with Gasteiger partial charge < -0.3 is 5.32 Å². The van der Waals surface area contributed by atoms with Crippen LogP contribution in [0.15, 0.2) is 24.3 Å². The Hall–Kier alpha value is -0.730. The largest absolute Gasteiger partial charge is 0.352 e. The summed E-state index contributed by atoms with van der Waals surface area (Å²) in [4.78, 5) is 11.7. The van der Waals surface area contributed by atoms with Gasteiger partial charge in [0, 0.05) is 23.0 Å². The lowest BCUT2D eigenvalue weighted by Gasteiger charge is -2.10. The SMILES string of the molecule is CC(CCCl)CNC(=O)c1ccc(Cl)cc1. The van der Waals surface area contributed by atoms with Gasteiger partial charge in [-0.25, -0.2) is 0 Å². The van der Waals surface area contributed by atoms with Gasteiger partial charge in [0.05, 0.1) is 0 Å². The van der Waals surface area contributed by atoms with E-state index in [-0.39, 0.29) is 5.91 Å². The van der Waals surface area contributed by atoms with Crippen molar-refractivity contribution in [3.05, 3.63) is 34.9 Å². The Labute approximate surface area is 106 Å². The number of carbonyl (C=O) groups is 1. The number of carbonyl (C=O) groups excluding carboxylic acids is 1. The topological polar surface area (TPSA) is 29.1 Å². The van der Waals surface area contributed by atoms with E-state index in [0.29, 0.717) is 28.9 Å². The molecule has 1 atom stereocenters. The molecule has 0 saturated carbocycles. The van der Waals surface area contributed by atoms with E-state index in [1.54, 1.807) is 24.3 Å². The predicted molar refractivity (Wildman–Crippen MR) is 68.3 cm³/mol. The summed E-state index contributed by atoms with van der Waals surface area (Å²) < 4.78 is 0. The summed E-state index contributed by atoms with van der Waals surface area (Å²) in [7, 11) is 0. The zero-order valence-corrected chi connectivity index (χ0v) is 10.7. The molecule has 0 bridgehead atoms. The van der Waals surface area contributed by atoms with Gasteiger partial charge in [0.15, 0.2) is 0 Å². The fourth-order valence-electron chi connectivity index (χ4n) is 1.26. The monoisotopic (exact) mass is 259 g/mol. The van der Waals surface area contributed by atoms with Gasteiger partial charge in [-0.3, -0.25) is 4.79 Å². The minimum Gasteiger partial charge on any atom is -0.352 e. The van der Waals surface area contributed by atoms with E-state index < -0.39 is 0 Å². The van der Waals surface area contributed by atoms with Gasteiger partial charge in [-0.05, 0) is 36.6 Å². The summed E-state index contributed by atoms with van der Waals surface area (Å²) >= 11 is 11.4. The highest BCUT2D eigenvalue weighted by Gasteiger charge is 2.07. The molecule has 2 nitrogen and oxygen atoms in total. The second-order valence-electron chi connectivity index (χ2n) is 3.80. The average molecular weight is 260 g/mol. The first-order valence-corrected chi connectivity index (χ1v) is 6.14. The molecule has 1 aromatic rings. The third-order valence-corrected chi connectivity index (χ3v) is 2.79. The fraction of sp³-hybridized carbons (Fsp3) is 0.417. The van der Waals surface area contributed by atoms with Crippen LogP contribution in [-0.2, 0) is 0 Å². The number of alkyl halides is 1. The zero-order chi connectivity index (χ0) is 12.0. The lowest BCUT2D eigenvalue weighted by atomic mass is 10.1. The maximum atomic E-state index is 11.7. The van der Waals surface area contributed by atoms with E-state index >= 15 is 0 Å². The minimum absolute atomic E-state index is 0.0712. The second-order valence-corrected chi connectivity index (χ2v) is 4.61. The molecule has 0 fully saturated rings. The average Bonchev–Trinajstić information content (AvgIpc) is 2.27. The Morgan fingerprint density at radius 1 is 1.38 bits per heavy atom. The Morgan fingerprint density at radius 3 is 2.56 bits per heavy atom. The number of benzene rings is 1. The van der Waals surface area contributed by atoms with Crippen LogP contribution in [0.2, 0.25) is 5.02 Å². The van der Waals surface area contributed by atoms with Crippen molar-refractivity contribution in [1.29, 1.82) is 0 Å². The molecule has 0 aliphatic rings. The molecule has 0 aliphatic carbocycles. The Kier molecular flexibility index (Phi) is 5.64. The third kappa shape index (κ3) is 4.42. The van der Waals surface area contributed by atoms with Crippen molar-refractivity contribution in [2.24, 2.45) is 5.92 Å². The van der Waals surface area contributed by atoms with Gasteiger partial charge in [-0.15, -0.1) is 11.6 Å². The summed E-state index contributed by atoms with van der Waals surface area (Å²) in [6, 6.07) is 6.84. The molecule has 16 heavy (non-hydrogen) atoms. The molecular formula is C12H15Cl2NO. The summed E-state index contributed by atoms with van der Waals surface area (Å²) in [5, 5.41) is 3.49. The standard InChI is InChI=1S/C12H15Cl2NO/c1-9(6-7-13)8-15-12(16)10-2-4-11(14)5-3-10/h2-5,9H,6-8H2,1H3,(H,15,16). The van der Waals surface area contributed by atoms with Gasteiger partial charge in [-0.1, -0.05) is 18.5 Å². The van der Waals surface area contributed by atoms with Gasteiger partial charge in [-0.2, -0.15) is 0 Å². The molecule has 1 N–H and O–H groups in total. The first kappa shape index (κ1) is 13.3. The molecule has 1 rings (SSSR count). The molecule has 88 valence electrons. The van der Waals surface area contributed by atoms with E-state index in [2.05, 4.69) is 12.2 Å². The van der Waals surface area contributed by atoms with Gasteiger partial charge in [0.2, 0.25) is 0 Å². The predicted octanol–water partition coefficient (Wildman–Crippen LogP) is 3.33. The molecule has 4 heteroatoms. The van der Waals surface area contributed by atoms with Crippen molar-refractivity contribution in [2.45, 2.75) is 13.3 Å². The maximum absolute atomic E-state index is 11.7. The van der Waals surface area contributed by atoms with Crippen molar-refractivity contribution in [3.63, 3.8) is 0 Å². The van der Waals surface area contributed by atoms with Crippen LogP contribution in [0.1, 0.15) is 23.7 Å². The molecule has 0 heterocycles. The van der Waals surface area contributed by atoms with E-state index in [4.69, 9.17) is 23.2 Å². The molecule has 0 radical (unpaired) electrons. The summed E-state index contributed by atoms with van der Waals surface area (Å²) in [5.74, 6) is 0.949. The van der Waals surface area contributed by atoms with Crippen molar-refractivity contribution in [2.75, 3.05) is 12.4 Å². The van der Waals surface area contributed by atoms with Crippen LogP contribution in [0.5, 0.6) is 0 Å². The second kappa shape index (κ2) is 6.77. The number of amides is 1. The van der Waals surface area contributed by atoms with Crippen LogP contribution >= 0.6 is 23.2 Å². The number of hydrogen-bond donors (Lipinski definition) is 1. The first-order chi connectivity index (χ1) is 7.63. The summed E-state index contributed by atoms with van der Waals surface area (Å²) in [6.45, 7) is 2.71. The highest BCUT2D eigenvalue weighted by Crippen LogP contribution is 2.09. The van der Waals surface area contributed by atoms with Gasteiger partial charge in [0.1, 0.15) is 0 Å². The van der Waals surface area contributed by atoms with E-state index in [1.807, 2.05) is 0 Å². The Morgan fingerprint density at radius 2 is 2.00 bits per heavy atom. The van der Waals surface area contributed by atoms with Gasteiger partial charge in [0.25, 0.3) is 5.91 Å². The van der Waals surface area contributed by atoms with Crippen LogP contribution in [0, 0.1) is 5.92 Å². The number of nitrogens with one attached hydrogen (secondary N) is 1. The summed E-state index contributed by atoms with van der Waals surface area (Å²) in [5.41, 5.74) is 0.627. The number of hydrogen-bond acceptors (Lipinski definition) is 1. The zero-order valence-electron chi connectivity index (χ0n) is 9.17. The number of rotatable bonds is 5. The van der Waals surface area contributed by atoms with Crippen molar-refractivity contribution in [1.82, 2.24) is 5.32 Å². The van der Waals surface area contributed by atoms with E-state index in [0.717, 1.165) is 6.42 Å². The third-order valence-electron chi connectivity index (χ3n) is 2.32. The Balaban J connectivity index is 2.43. The van der Waals surface area contributed by atoms with Crippen LogP contribution in [0.3, 0.4) is 0 Å². The smallest absolute Gasteiger partial charge is 0.251 e. The van der Waals surface area contributed by atoms with E-state index in [9.17, 15) is 4.79 Å². The highest BCUT2D eigenvalue weighted by atomic mass is 35.5. The molecule has 0 aromatic heterocycles. The van der Waals surface area contributed by atoms with E-state index in [1.165, 1.54) is 0 Å². The van der Waals surface area contributed by atoms with Crippen LogP contribution < -0.4 is 5.32 Å². The molecule has 0 spiro atoms. The molecule has 1 amide bonds. The normalized spacial score (nSPS) is 12.2. The molecule has 1 unspecified atom stereocenters. The van der Waals surface area contributed by atoms with Crippen molar-refractivity contribution in [3.8, 4) is 0 Å². The summed E-state index contributed by atoms with van der Waals surface area (Å²) in [6.07, 6.45) is 0.905. The molecule has 0 saturated heterocycles. The fourth-order valence-corrected chi connectivity index (χ4v) is 1.76. The quantitative estimate of drug-likeness (QED) is 0.808. The van der Waals surface area contributed by atoms with Crippen molar-refractivity contribution < 1.29 is 4.79 Å². The molecular weight excluding hydrogens is 245 g/mol. The number of halogens is 2. The lowest BCUT2D eigenvalue weighted by molar-refractivity contribution is 0.0948. The maximum Gasteiger partial charge on any atom is 0.251 e. The van der Waals surface area contributed by atoms with Crippen LogP contribution in [0.25, 0.3) is 0 Å². The molecule has 1 aromatic carbocycles. The highest BCUT2D eigenvalue weighted by molar-refractivity contribution is 6.30. The van der Waals surface area contributed by atoms with Gasteiger partial charge >= 0.3 is 0 Å². The Bertz CT molecular complexity index is 337. The first-order valence-electron chi connectivity index (χ1n) is 5.23. The minimum atomic E-state index is -0.0712.